The lowest BCUT2D eigenvalue weighted by atomic mass is 10.1. The van der Waals surface area contributed by atoms with Gasteiger partial charge in [0.2, 0.25) is 5.91 Å². The van der Waals surface area contributed by atoms with Crippen LogP contribution in [0.2, 0.25) is 0 Å². The standard InChI is InChI=1S/C13H17N3O3S/c17-11-6-9(12(18)19)7-15(11)5-2-10-8-20-13-14-3-1-4-16(10)13/h8-9H,1-7H2,(H,18,19)/p+1/t9-/m0/s1. The van der Waals surface area contributed by atoms with Crippen LogP contribution in [0.3, 0.4) is 0 Å². The Kier molecular flexibility index (Phi) is 3.60. The quantitative estimate of drug-likeness (QED) is 0.785. The fraction of sp³-hybridized carbons (Fsp3) is 0.615. The summed E-state index contributed by atoms with van der Waals surface area (Å²) in [7, 11) is 0. The molecule has 3 heterocycles. The lowest BCUT2D eigenvalue weighted by Crippen LogP contribution is -2.44. The minimum Gasteiger partial charge on any atom is -0.481 e. The Bertz CT molecular complexity index is 543. The van der Waals surface area contributed by atoms with Crippen molar-refractivity contribution >= 4 is 28.3 Å². The van der Waals surface area contributed by atoms with Crippen LogP contribution in [0.4, 0.5) is 5.13 Å². The van der Waals surface area contributed by atoms with Gasteiger partial charge in [-0.3, -0.25) is 14.9 Å². The smallest absolute Gasteiger partial charge is 0.333 e. The van der Waals surface area contributed by atoms with Crippen LogP contribution in [-0.2, 0) is 22.6 Å². The first-order valence-electron chi connectivity index (χ1n) is 6.90. The number of carboxylic acid groups (broad SMARTS) is 1. The molecule has 0 aliphatic carbocycles. The van der Waals surface area contributed by atoms with Gasteiger partial charge in [0.05, 0.1) is 19.0 Å². The van der Waals surface area contributed by atoms with E-state index in [4.69, 9.17) is 5.11 Å². The van der Waals surface area contributed by atoms with Crippen molar-refractivity contribution in [1.82, 2.24) is 4.90 Å². The van der Waals surface area contributed by atoms with Gasteiger partial charge in [0.25, 0.3) is 0 Å². The molecule has 0 spiro atoms. The van der Waals surface area contributed by atoms with Gasteiger partial charge in [0, 0.05) is 37.7 Å². The van der Waals surface area contributed by atoms with E-state index in [2.05, 4.69) is 15.3 Å². The highest BCUT2D eigenvalue weighted by atomic mass is 32.1. The number of nitrogens with zero attached hydrogens (tertiary/aromatic N) is 2. The second kappa shape index (κ2) is 5.40. The summed E-state index contributed by atoms with van der Waals surface area (Å²) in [6, 6.07) is 0. The minimum absolute atomic E-state index is 0.0374. The summed E-state index contributed by atoms with van der Waals surface area (Å²) in [5.74, 6) is -1.44. The summed E-state index contributed by atoms with van der Waals surface area (Å²) in [5, 5.41) is 15.6. The SMILES string of the molecule is O=C(O)[C@H]1CC(=O)N(CCc2csc3[n+]2CCCN3)C1. The molecule has 0 radical (unpaired) electrons. The van der Waals surface area contributed by atoms with Gasteiger partial charge >= 0.3 is 11.1 Å². The van der Waals surface area contributed by atoms with Gasteiger partial charge in [0.15, 0.2) is 0 Å². The van der Waals surface area contributed by atoms with Crippen LogP contribution in [-0.4, -0.2) is 41.5 Å². The molecule has 0 saturated carbocycles. The predicted octanol–water partition coefficient (Wildman–Crippen LogP) is 0.327. The zero-order valence-electron chi connectivity index (χ0n) is 11.2. The van der Waals surface area contributed by atoms with Crippen LogP contribution in [0.5, 0.6) is 0 Å². The Morgan fingerprint density at radius 1 is 1.60 bits per heavy atom. The van der Waals surface area contributed by atoms with Crippen molar-refractivity contribution < 1.29 is 19.3 Å². The normalized spacial score (nSPS) is 21.7. The molecule has 6 nitrogen and oxygen atoms in total. The number of likely N-dealkylation sites (tertiary alicyclic amines) is 1. The van der Waals surface area contributed by atoms with Crippen molar-refractivity contribution in [3.63, 3.8) is 0 Å². The number of fused-ring (bicyclic) bond motifs is 1. The van der Waals surface area contributed by atoms with Gasteiger partial charge in [-0.05, 0) is 0 Å². The molecule has 1 aromatic rings. The summed E-state index contributed by atoms with van der Waals surface area (Å²) in [6.45, 7) is 3.00. The van der Waals surface area contributed by atoms with E-state index in [1.165, 1.54) is 10.8 Å². The van der Waals surface area contributed by atoms with Gasteiger partial charge in [-0.1, -0.05) is 11.3 Å². The van der Waals surface area contributed by atoms with E-state index < -0.39 is 11.9 Å². The Morgan fingerprint density at radius 2 is 2.45 bits per heavy atom. The molecular weight excluding hydrogens is 278 g/mol. The van der Waals surface area contributed by atoms with Crippen molar-refractivity contribution in [2.45, 2.75) is 25.8 Å². The van der Waals surface area contributed by atoms with E-state index in [1.54, 1.807) is 16.2 Å². The van der Waals surface area contributed by atoms with Crippen LogP contribution < -0.4 is 9.88 Å². The molecule has 20 heavy (non-hydrogen) atoms. The zero-order valence-corrected chi connectivity index (χ0v) is 12.0. The third-order valence-corrected chi connectivity index (χ3v) is 4.91. The van der Waals surface area contributed by atoms with Crippen molar-refractivity contribution in [2.75, 3.05) is 25.0 Å². The maximum absolute atomic E-state index is 11.8. The molecule has 1 aromatic heterocycles. The lowest BCUT2D eigenvalue weighted by molar-refractivity contribution is -0.689. The van der Waals surface area contributed by atoms with E-state index in [-0.39, 0.29) is 12.3 Å². The summed E-state index contributed by atoms with van der Waals surface area (Å²) in [4.78, 5) is 24.4. The number of nitrogens with one attached hydrogen (secondary N) is 1. The van der Waals surface area contributed by atoms with Gasteiger partial charge in [-0.25, -0.2) is 4.57 Å². The summed E-state index contributed by atoms with van der Waals surface area (Å²) < 4.78 is 2.27. The molecule has 1 fully saturated rings. The van der Waals surface area contributed by atoms with Crippen LogP contribution in [0.15, 0.2) is 5.38 Å². The number of aliphatic carboxylic acids is 1. The molecule has 3 rings (SSSR count). The third kappa shape index (κ3) is 2.49. The van der Waals surface area contributed by atoms with E-state index >= 15 is 0 Å². The number of rotatable bonds is 4. The molecule has 0 aromatic carbocycles. The van der Waals surface area contributed by atoms with E-state index in [1.807, 2.05) is 0 Å². The van der Waals surface area contributed by atoms with Crippen LogP contribution in [0.1, 0.15) is 18.5 Å². The number of hydrogen-bond donors (Lipinski definition) is 2. The number of carbonyl (C=O) groups is 2. The van der Waals surface area contributed by atoms with Crippen molar-refractivity contribution in [1.29, 1.82) is 0 Å². The summed E-state index contributed by atoms with van der Waals surface area (Å²) in [5.41, 5.74) is 1.23. The van der Waals surface area contributed by atoms with Crippen molar-refractivity contribution in [3.05, 3.63) is 11.1 Å². The molecule has 1 amide bonds. The number of carbonyl (C=O) groups excluding carboxylic acids is 1. The highest BCUT2D eigenvalue weighted by Crippen LogP contribution is 2.20. The zero-order chi connectivity index (χ0) is 14.1. The maximum Gasteiger partial charge on any atom is 0.333 e. The highest BCUT2D eigenvalue weighted by Gasteiger charge is 2.34. The average Bonchev–Trinajstić information content (AvgIpc) is 3.00. The van der Waals surface area contributed by atoms with Crippen LogP contribution in [0, 0.1) is 5.92 Å². The number of anilines is 1. The number of hydrogen-bond acceptors (Lipinski definition) is 4. The highest BCUT2D eigenvalue weighted by molar-refractivity contribution is 7.13. The number of aromatic nitrogens is 1. The molecule has 0 bridgehead atoms. The lowest BCUT2D eigenvalue weighted by Gasteiger charge is -2.16. The molecule has 2 N–H and O–H groups in total. The fourth-order valence-corrected chi connectivity index (χ4v) is 3.81. The third-order valence-electron chi connectivity index (χ3n) is 3.93. The Labute approximate surface area is 121 Å². The van der Waals surface area contributed by atoms with Crippen molar-refractivity contribution in [3.8, 4) is 0 Å². The second-order valence-electron chi connectivity index (χ2n) is 5.29. The maximum atomic E-state index is 11.8. The van der Waals surface area contributed by atoms with Gasteiger partial charge in [-0.2, -0.15) is 0 Å². The number of amides is 1. The Balaban J connectivity index is 1.61. The summed E-state index contributed by atoms with van der Waals surface area (Å²) >= 11 is 1.70. The minimum atomic E-state index is -0.868. The predicted molar refractivity (Wildman–Crippen MR) is 73.6 cm³/mol. The average molecular weight is 296 g/mol. The second-order valence-corrected chi connectivity index (χ2v) is 6.15. The largest absolute Gasteiger partial charge is 0.481 e. The van der Waals surface area contributed by atoms with Gasteiger partial charge in [0.1, 0.15) is 5.69 Å². The van der Waals surface area contributed by atoms with Gasteiger partial charge < -0.3 is 10.0 Å². The number of thiazole rings is 1. The van der Waals surface area contributed by atoms with Crippen molar-refractivity contribution in [2.24, 2.45) is 5.92 Å². The molecule has 1 atom stereocenters. The Morgan fingerprint density at radius 3 is 3.20 bits per heavy atom. The molecule has 2 aliphatic heterocycles. The number of carboxylic acids is 1. The molecular formula is C13H18N3O3S+. The molecule has 7 heteroatoms. The van der Waals surface area contributed by atoms with E-state index in [0.717, 1.165) is 25.9 Å². The first-order chi connectivity index (χ1) is 9.65. The monoisotopic (exact) mass is 296 g/mol. The molecule has 1 saturated heterocycles. The fourth-order valence-electron chi connectivity index (χ4n) is 2.79. The van der Waals surface area contributed by atoms with E-state index in [9.17, 15) is 9.59 Å². The van der Waals surface area contributed by atoms with E-state index in [0.29, 0.717) is 13.1 Å². The molecule has 2 aliphatic rings. The van der Waals surface area contributed by atoms with Crippen LogP contribution in [0.25, 0.3) is 0 Å². The first-order valence-corrected chi connectivity index (χ1v) is 7.78. The molecule has 108 valence electrons. The summed E-state index contributed by atoms with van der Waals surface area (Å²) in [6.07, 6.45) is 2.05. The topological polar surface area (TPSA) is 73.5 Å². The molecule has 0 unspecified atom stereocenters. The van der Waals surface area contributed by atoms with Gasteiger partial charge in [-0.15, -0.1) is 0 Å². The Hall–Kier alpha value is -1.63. The van der Waals surface area contributed by atoms with Crippen LogP contribution >= 0.6 is 11.3 Å². The first kappa shape index (κ1) is 13.4.